The van der Waals surface area contributed by atoms with Gasteiger partial charge in [0, 0.05) is 0 Å². The first kappa shape index (κ1) is 21.5. The van der Waals surface area contributed by atoms with Crippen molar-refractivity contribution in [1.29, 1.82) is 0 Å². The van der Waals surface area contributed by atoms with E-state index in [1.807, 2.05) is 18.2 Å². The van der Waals surface area contributed by atoms with Crippen LogP contribution in [-0.4, -0.2) is 41.4 Å². The van der Waals surface area contributed by atoms with Crippen LogP contribution in [0.25, 0.3) is 0 Å². The molecule has 4 atom stereocenters. The molecular formula is C24H32N2O3. The van der Waals surface area contributed by atoms with Gasteiger partial charge < -0.3 is 20.8 Å². The molecule has 3 rings (SSSR count). The first-order valence-electron chi connectivity index (χ1n) is 10.5. The Bertz CT molecular complexity index is 763. The molecule has 2 aromatic carbocycles. The van der Waals surface area contributed by atoms with Gasteiger partial charge >= 0.3 is 0 Å². The lowest BCUT2D eigenvalue weighted by Gasteiger charge is -2.31. The predicted octanol–water partition coefficient (Wildman–Crippen LogP) is 2.51. The van der Waals surface area contributed by atoms with Crippen molar-refractivity contribution in [3.8, 4) is 0 Å². The summed E-state index contributed by atoms with van der Waals surface area (Å²) >= 11 is 0. The van der Waals surface area contributed by atoms with E-state index in [0.717, 1.165) is 32.2 Å². The first-order valence-corrected chi connectivity index (χ1v) is 10.5. The van der Waals surface area contributed by atoms with Crippen molar-refractivity contribution in [2.45, 2.75) is 50.8 Å². The molecule has 29 heavy (non-hydrogen) atoms. The number of piperidine rings is 1. The number of hydrogen-bond acceptors (Lipinski definition) is 4. The molecule has 5 heteroatoms. The van der Waals surface area contributed by atoms with Crippen LogP contribution in [0.2, 0.25) is 0 Å². The van der Waals surface area contributed by atoms with Gasteiger partial charge in [-0.3, -0.25) is 4.79 Å². The number of aliphatic hydroxyl groups is 2. The highest BCUT2D eigenvalue weighted by Crippen LogP contribution is 2.23. The van der Waals surface area contributed by atoms with Gasteiger partial charge in [-0.2, -0.15) is 0 Å². The molecule has 1 aliphatic heterocycles. The van der Waals surface area contributed by atoms with E-state index in [1.54, 1.807) is 12.1 Å². The van der Waals surface area contributed by atoms with Gasteiger partial charge in [0.05, 0.1) is 18.7 Å². The molecule has 0 spiro atoms. The SMILES string of the molecule is Cc1ccc(CC[C@H]2CCN[C@@H](C(=O)N[C@H](CO)[C@H](O)c3ccccc3)C2)cc1. The Morgan fingerprint density at radius 1 is 1.17 bits per heavy atom. The summed E-state index contributed by atoms with van der Waals surface area (Å²) in [7, 11) is 0. The molecule has 5 nitrogen and oxygen atoms in total. The molecule has 0 unspecified atom stereocenters. The monoisotopic (exact) mass is 396 g/mol. The minimum absolute atomic E-state index is 0.154. The Hall–Kier alpha value is -2.21. The number of carbonyl (C=O) groups is 1. The molecular weight excluding hydrogens is 364 g/mol. The molecule has 0 saturated carbocycles. The Morgan fingerprint density at radius 3 is 2.59 bits per heavy atom. The van der Waals surface area contributed by atoms with Crippen molar-refractivity contribution in [3.63, 3.8) is 0 Å². The second-order valence-electron chi connectivity index (χ2n) is 8.07. The van der Waals surface area contributed by atoms with E-state index in [0.29, 0.717) is 11.5 Å². The predicted molar refractivity (Wildman–Crippen MR) is 114 cm³/mol. The fourth-order valence-electron chi connectivity index (χ4n) is 3.97. The molecule has 1 heterocycles. The fraction of sp³-hybridized carbons (Fsp3) is 0.458. The number of hydrogen-bond donors (Lipinski definition) is 4. The molecule has 0 radical (unpaired) electrons. The van der Waals surface area contributed by atoms with Gasteiger partial charge in [-0.25, -0.2) is 0 Å². The van der Waals surface area contributed by atoms with Crippen LogP contribution < -0.4 is 10.6 Å². The van der Waals surface area contributed by atoms with Crippen LogP contribution in [0.1, 0.15) is 42.1 Å². The average Bonchev–Trinajstić information content (AvgIpc) is 2.77. The van der Waals surface area contributed by atoms with Gasteiger partial charge in [-0.15, -0.1) is 0 Å². The number of rotatable bonds is 8. The Balaban J connectivity index is 1.52. The van der Waals surface area contributed by atoms with Crippen molar-refractivity contribution < 1.29 is 15.0 Å². The molecule has 0 aromatic heterocycles. The highest BCUT2D eigenvalue weighted by atomic mass is 16.3. The van der Waals surface area contributed by atoms with Gasteiger partial charge in [0.25, 0.3) is 0 Å². The lowest BCUT2D eigenvalue weighted by Crippen LogP contribution is -2.53. The van der Waals surface area contributed by atoms with E-state index in [9.17, 15) is 15.0 Å². The van der Waals surface area contributed by atoms with Crippen molar-refractivity contribution in [2.75, 3.05) is 13.2 Å². The summed E-state index contributed by atoms with van der Waals surface area (Å²) < 4.78 is 0. The molecule has 156 valence electrons. The zero-order valence-corrected chi connectivity index (χ0v) is 17.1. The number of nitrogens with one attached hydrogen (secondary N) is 2. The van der Waals surface area contributed by atoms with E-state index < -0.39 is 12.1 Å². The van der Waals surface area contributed by atoms with E-state index in [4.69, 9.17) is 0 Å². The Labute approximate surface area is 173 Å². The van der Waals surface area contributed by atoms with Crippen LogP contribution in [-0.2, 0) is 11.2 Å². The van der Waals surface area contributed by atoms with Crippen LogP contribution in [0, 0.1) is 12.8 Å². The van der Waals surface area contributed by atoms with Crippen molar-refractivity contribution in [1.82, 2.24) is 10.6 Å². The summed E-state index contributed by atoms with van der Waals surface area (Å²) in [6.07, 6.45) is 2.98. The zero-order valence-electron chi connectivity index (χ0n) is 17.1. The fourth-order valence-corrected chi connectivity index (χ4v) is 3.97. The minimum atomic E-state index is -0.939. The normalized spacial score (nSPS) is 21.3. The van der Waals surface area contributed by atoms with Crippen LogP contribution in [0.5, 0.6) is 0 Å². The molecule has 1 fully saturated rings. The smallest absolute Gasteiger partial charge is 0.237 e. The number of aliphatic hydroxyl groups excluding tert-OH is 2. The third kappa shape index (κ3) is 6.13. The van der Waals surface area contributed by atoms with E-state index >= 15 is 0 Å². The third-order valence-corrected chi connectivity index (χ3v) is 5.84. The minimum Gasteiger partial charge on any atom is -0.394 e. The molecule has 1 amide bonds. The lowest BCUT2D eigenvalue weighted by atomic mass is 9.87. The molecule has 1 saturated heterocycles. The van der Waals surface area contributed by atoms with Crippen molar-refractivity contribution >= 4 is 5.91 Å². The summed E-state index contributed by atoms with van der Waals surface area (Å²) in [6, 6.07) is 16.7. The van der Waals surface area contributed by atoms with Gasteiger partial charge in [0.1, 0.15) is 6.10 Å². The van der Waals surface area contributed by atoms with Crippen LogP contribution in [0.4, 0.5) is 0 Å². The third-order valence-electron chi connectivity index (χ3n) is 5.84. The summed E-state index contributed by atoms with van der Waals surface area (Å²) in [4.78, 5) is 12.8. The Morgan fingerprint density at radius 2 is 1.90 bits per heavy atom. The van der Waals surface area contributed by atoms with E-state index in [2.05, 4.69) is 41.8 Å². The van der Waals surface area contributed by atoms with Gasteiger partial charge in [0.2, 0.25) is 5.91 Å². The summed E-state index contributed by atoms with van der Waals surface area (Å²) in [5.41, 5.74) is 3.28. The quantitative estimate of drug-likeness (QED) is 0.553. The van der Waals surface area contributed by atoms with Crippen LogP contribution >= 0.6 is 0 Å². The van der Waals surface area contributed by atoms with Crippen LogP contribution in [0.15, 0.2) is 54.6 Å². The van der Waals surface area contributed by atoms with E-state index in [1.165, 1.54) is 11.1 Å². The second-order valence-corrected chi connectivity index (χ2v) is 8.07. The summed E-state index contributed by atoms with van der Waals surface area (Å²) in [6.45, 7) is 2.58. The first-order chi connectivity index (χ1) is 14.1. The number of amides is 1. The highest BCUT2D eigenvalue weighted by molar-refractivity contribution is 5.82. The average molecular weight is 397 g/mol. The van der Waals surface area contributed by atoms with E-state index in [-0.39, 0.29) is 18.6 Å². The van der Waals surface area contributed by atoms with Crippen molar-refractivity contribution in [2.24, 2.45) is 5.92 Å². The summed E-state index contributed by atoms with van der Waals surface area (Å²) in [5, 5.41) is 26.3. The maximum atomic E-state index is 12.8. The molecule has 1 aliphatic rings. The second kappa shape index (κ2) is 10.5. The summed E-state index contributed by atoms with van der Waals surface area (Å²) in [5.74, 6) is 0.332. The topological polar surface area (TPSA) is 81.6 Å². The number of aryl methyl sites for hydroxylation is 2. The number of carbonyl (C=O) groups excluding carboxylic acids is 1. The molecule has 0 aliphatic carbocycles. The van der Waals surface area contributed by atoms with Crippen LogP contribution in [0.3, 0.4) is 0 Å². The maximum Gasteiger partial charge on any atom is 0.237 e. The van der Waals surface area contributed by atoms with Gasteiger partial charge in [-0.05, 0) is 56.2 Å². The standard InChI is InChI=1S/C24H32N2O3/c1-17-7-9-18(10-8-17)11-12-19-13-14-25-21(15-19)24(29)26-22(16-27)23(28)20-5-3-2-4-6-20/h2-10,19,21-23,25,27-28H,11-16H2,1H3,(H,26,29)/t19-,21+,22+,23+/m0/s1. The maximum absolute atomic E-state index is 12.8. The van der Waals surface area contributed by atoms with Crippen molar-refractivity contribution in [3.05, 3.63) is 71.3 Å². The highest BCUT2D eigenvalue weighted by Gasteiger charge is 2.30. The van der Waals surface area contributed by atoms with Gasteiger partial charge in [-0.1, -0.05) is 60.2 Å². The lowest BCUT2D eigenvalue weighted by molar-refractivity contribution is -0.126. The molecule has 0 bridgehead atoms. The molecule has 4 N–H and O–H groups in total. The molecule has 2 aromatic rings. The Kier molecular flexibility index (Phi) is 7.81. The largest absolute Gasteiger partial charge is 0.394 e. The van der Waals surface area contributed by atoms with Gasteiger partial charge in [0.15, 0.2) is 0 Å². The zero-order chi connectivity index (χ0) is 20.6. The number of benzene rings is 2.